The van der Waals surface area contributed by atoms with Gasteiger partial charge in [0.15, 0.2) is 5.54 Å². The highest BCUT2D eigenvalue weighted by molar-refractivity contribution is 5.74. The smallest absolute Gasteiger partial charge is 0.339 e. The molecule has 0 saturated carbocycles. The molecule has 0 aromatic carbocycles. The fraction of sp³-hybridized carbons (Fsp3) is 0.571. The molecule has 1 rings (SSSR count). The molecule has 1 aliphatic carbocycles. The Hall–Kier alpha value is -1.00. The zero-order chi connectivity index (χ0) is 9.41. The third-order valence-corrected chi connectivity index (χ3v) is 1.75. The van der Waals surface area contributed by atoms with Crippen molar-refractivity contribution in [3.05, 3.63) is 12.2 Å². The third-order valence-electron chi connectivity index (χ3n) is 1.75. The van der Waals surface area contributed by atoms with Gasteiger partial charge in [-0.05, 0) is 0 Å². The van der Waals surface area contributed by atoms with Crippen LogP contribution >= 0.6 is 0 Å². The molecule has 0 aromatic rings. The summed E-state index contributed by atoms with van der Waals surface area (Å²) in [5.41, 5.74) is -2.10. The van der Waals surface area contributed by atoms with Gasteiger partial charge in [0.25, 0.3) is 0 Å². The van der Waals surface area contributed by atoms with Crippen molar-refractivity contribution in [2.24, 2.45) is 0 Å². The highest BCUT2D eigenvalue weighted by Gasteiger charge is 2.55. The van der Waals surface area contributed by atoms with Crippen LogP contribution < -0.4 is 5.32 Å². The van der Waals surface area contributed by atoms with E-state index >= 15 is 0 Å². The van der Waals surface area contributed by atoms with Crippen LogP contribution in [0.3, 0.4) is 0 Å². The van der Waals surface area contributed by atoms with Crippen LogP contribution in [0.4, 0.5) is 13.2 Å². The topological polar surface area (TPSA) is 29.1 Å². The van der Waals surface area contributed by atoms with Crippen LogP contribution in [-0.4, -0.2) is 17.6 Å². The maximum absolute atomic E-state index is 12.3. The molecule has 1 aliphatic rings. The Morgan fingerprint density at radius 1 is 1.58 bits per heavy atom. The van der Waals surface area contributed by atoms with Crippen molar-refractivity contribution in [1.29, 1.82) is 0 Å². The molecule has 5 heteroatoms. The van der Waals surface area contributed by atoms with Crippen molar-refractivity contribution in [1.82, 2.24) is 5.32 Å². The van der Waals surface area contributed by atoms with Gasteiger partial charge in [-0.1, -0.05) is 12.2 Å². The zero-order valence-corrected chi connectivity index (χ0v) is 6.40. The van der Waals surface area contributed by atoms with Crippen LogP contribution in [0, 0.1) is 0 Å². The predicted octanol–water partition coefficient (Wildman–Crippen LogP) is 1.38. The lowest BCUT2D eigenvalue weighted by Gasteiger charge is -2.37. The van der Waals surface area contributed by atoms with Crippen molar-refractivity contribution in [3.63, 3.8) is 0 Å². The van der Waals surface area contributed by atoms with Crippen molar-refractivity contribution in [2.45, 2.75) is 25.1 Å². The molecule has 2 nitrogen and oxygen atoms in total. The Bertz CT molecular complexity index is 233. The molecule has 0 aromatic heterocycles. The van der Waals surface area contributed by atoms with Crippen LogP contribution in [0.5, 0.6) is 0 Å². The molecule has 0 saturated heterocycles. The van der Waals surface area contributed by atoms with E-state index in [0.717, 1.165) is 13.0 Å². The van der Waals surface area contributed by atoms with Gasteiger partial charge in [0.1, 0.15) is 0 Å². The van der Waals surface area contributed by atoms with Gasteiger partial charge in [0, 0.05) is 13.3 Å². The summed E-state index contributed by atoms with van der Waals surface area (Å²) >= 11 is 0. The van der Waals surface area contributed by atoms with E-state index in [1.807, 2.05) is 5.32 Å². The number of alkyl halides is 3. The van der Waals surface area contributed by atoms with E-state index in [1.165, 1.54) is 6.08 Å². The van der Waals surface area contributed by atoms with Gasteiger partial charge < -0.3 is 5.32 Å². The van der Waals surface area contributed by atoms with Crippen LogP contribution in [0.2, 0.25) is 0 Å². The van der Waals surface area contributed by atoms with Crippen molar-refractivity contribution >= 4 is 5.91 Å². The van der Waals surface area contributed by atoms with Crippen molar-refractivity contribution in [2.75, 3.05) is 0 Å². The summed E-state index contributed by atoms with van der Waals surface area (Å²) in [4.78, 5) is 10.5. The fourth-order valence-corrected chi connectivity index (χ4v) is 1.04. The molecule has 0 radical (unpaired) electrons. The minimum Gasteiger partial charge on any atom is -0.339 e. The van der Waals surface area contributed by atoms with Crippen molar-refractivity contribution in [3.8, 4) is 0 Å². The van der Waals surface area contributed by atoms with E-state index in [1.54, 1.807) is 0 Å². The Morgan fingerprint density at radius 2 is 2.08 bits per heavy atom. The lowest BCUT2D eigenvalue weighted by molar-refractivity contribution is -0.187. The highest BCUT2D eigenvalue weighted by atomic mass is 19.4. The Morgan fingerprint density at radius 3 is 2.17 bits per heavy atom. The number of carbonyl (C=O) groups is 1. The average Bonchev–Trinajstić information content (AvgIpc) is 1.74. The van der Waals surface area contributed by atoms with E-state index < -0.39 is 17.6 Å². The third kappa shape index (κ3) is 1.31. The second-order valence-corrected chi connectivity index (χ2v) is 2.76. The molecule has 0 fully saturated rings. The van der Waals surface area contributed by atoms with E-state index in [4.69, 9.17) is 0 Å². The number of rotatable bonds is 1. The first-order chi connectivity index (χ1) is 5.37. The Balaban J connectivity index is 2.78. The average molecular weight is 179 g/mol. The van der Waals surface area contributed by atoms with Crippen LogP contribution in [-0.2, 0) is 4.79 Å². The largest absolute Gasteiger partial charge is 0.415 e. The Kier molecular flexibility index (Phi) is 1.89. The second kappa shape index (κ2) is 2.50. The maximum atomic E-state index is 12.3. The fourth-order valence-electron chi connectivity index (χ4n) is 1.04. The molecule has 1 N–H and O–H groups in total. The molecule has 0 heterocycles. The number of carbonyl (C=O) groups excluding carboxylic acids is 1. The predicted molar refractivity (Wildman–Crippen MR) is 36.4 cm³/mol. The first kappa shape index (κ1) is 9.09. The molecule has 68 valence electrons. The van der Waals surface area contributed by atoms with Crippen molar-refractivity contribution < 1.29 is 18.0 Å². The Labute approximate surface area is 67.4 Å². The number of amides is 1. The normalized spacial score (nSPS) is 28.0. The first-order valence-corrected chi connectivity index (χ1v) is 3.40. The first-order valence-electron chi connectivity index (χ1n) is 3.40. The lowest BCUT2D eigenvalue weighted by Crippen LogP contribution is -2.59. The molecule has 0 aliphatic heterocycles. The molecule has 0 bridgehead atoms. The molecule has 1 amide bonds. The van der Waals surface area contributed by atoms with Gasteiger partial charge in [0.2, 0.25) is 5.91 Å². The minimum atomic E-state index is -4.40. The summed E-state index contributed by atoms with van der Waals surface area (Å²) < 4.78 is 36.8. The molecule has 0 spiro atoms. The monoisotopic (exact) mass is 179 g/mol. The summed E-state index contributed by atoms with van der Waals surface area (Å²) in [5, 5.41) is 1.88. The van der Waals surface area contributed by atoms with Crippen LogP contribution in [0.1, 0.15) is 13.3 Å². The lowest BCUT2D eigenvalue weighted by atomic mass is 9.84. The summed E-state index contributed by atoms with van der Waals surface area (Å²) in [6, 6.07) is 0. The summed E-state index contributed by atoms with van der Waals surface area (Å²) in [6.07, 6.45) is -2.22. The van der Waals surface area contributed by atoms with E-state index in [9.17, 15) is 18.0 Å². The van der Waals surface area contributed by atoms with E-state index in [0.29, 0.717) is 0 Å². The number of nitrogens with one attached hydrogen (secondary N) is 1. The minimum absolute atomic E-state index is 0.171. The molecule has 1 unspecified atom stereocenters. The van der Waals surface area contributed by atoms with Gasteiger partial charge in [-0.25, -0.2) is 0 Å². The molecular formula is C7H8F3NO. The second-order valence-electron chi connectivity index (χ2n) is 2.76. The number of hydrogen-bond acceptors (Lipinski definition) is 1. The van der Waals surface area contributed by atoms with Gasteiger partial charge in [-0.2, -0.15) is 13.2 Å². The number of halogens is 3. The van der Waals surface area contributed by atoms with Gasteiger partial charge in [-0.3, -0.25) is 4.79 Å². The highest BCUT2D eigenvalue weighted by Crippen LogP contribution is 2.39. The van der Waals surface area contributed by atoms with E-state index in [2.05, 4.69) is 0 Å². The molecule has 1 atom stereocenters. The summed E-state index contributed by atoms with van der Waals surface area (Å²) in [7, 11) is 0. The molecular weight excluding hydrogens is 171 g/mol. The van der Waals surface area contributed by atoms with E-state index in [-0.39, 0.29) is 6.42 Å². The standard InChI is InChI=1S/C7H8F3NO/c1-5(12)11-6(3-2-4-6)7(8,9)10/h2-3H,4H2,1H3,(H,11,12). The molecule has 12 heavy (non-hydrogen) atoms. The SMILES string of the molecule is CC(=O)NC1(C(F)(F)F)C=CC1. The number of hydrogen-bond donors (Lipinski definition) is 1. The maximum Gasteiger partial charge on any atom is 0.415 e. The van der Waals surface area contributed by atoms with Crippen LogP contribution in [0.15, 0.2) is 12.2 Å². The zero-order valence-electron chi connectivity index (χ0n) is 6.40. The summed E-state index contributed by atoms with van der Waals surface area (Å²) in [5.74, 6) is -0.670. The summed E-state index contributed by atoms with van der Waals surface area (Å²) in [6.45, 7) is 1.07. The van der Waals surface area contributed by atoms with Crippen LogP contribution in [0.25, 0.3) is 0 Å². The quantitative estimate of drug-likeness (QED) is 0.605. The van der Waals surface area contributed by atoms with Gasteiger partial charge in [-0.15, -0.1) is 0 Å². The van der Waals surface area contributed by atoms with Gasteiger partial charge >= 0.3 is 6.18 Å². The van der Waals surface area contributed by atoms with Gasteiger partial charge in [0.05, 0.1) is 0 Å².